The second-order valence-corrected chi connectivity index (χ2v) is 6.89. The summed E-state index contributed by atoms with van der Waals surface area (Å²) < 4.78 is 11.6. The second kappa shape index (κ2) is 7.33. The zero-order valence-corrected chi connectivity index (χ0v) is 14.7. The van der Waals surface area contributed by atoms with E-state index in [9.17, 15) is 4.79 Å². The first-order valence-electron chi connectivity index (χ1n) is 9.11. The van der Waals surface area contributed by atoms with Gasteiger partial charge in [-0.1, -0.05) is 31.0 Å². The summed E-state index contributed by atoms with van der Waals surface area (Å²) in [6, 6.07) is 12.9. The lowest BCUT2D eigenvalue weighted by Crippen LogP contribution is -2.53. The number of ether oxygens (including phenoxy) is 2. The normalized spacial score (nSPS) is 18.7. The average molecular weight is 353 g/mol. The third kappa shape index (κ3) is 3.80. The third-order valence-electron chi connectivity index (χ3n) is 5.00. The van der Waals surface area contributed by atoms with Gasteiger partial charge in [0.1, 0.15) is 5.75 Å². The van der Waals surface area contributed by atoms with Gasteiger partial charge in [-0.3, -0.25) is 0 Å². The number of nitrogens with zero attached hydrogens (tertiary/aromatic N) is 2. The van der Waals surface area contributed by atoms with Crippen LogP contribution in [0.4, 0.5) is 10.5 Å². The molecule has 1 aromatic heterocycles. The molecule has 2 aromatic rings. The van der Waals surface area contributed by atoms with Crippen molar-refractivity contribution in [3.63, 3.8) is 0 Å². The van der Waals surface area contributed by atoms with Crippen molar-refractivity contribution in [2.45, 2.75) is 31.3 Å². The summed E-state index contributed by atoms with van der Waals surface area (Å²) in [4.78, 5) is 18.7. The lowest BCUT2D eigenvalue weighted by molar-refractivity contribution is -0.0914. The summed E-state index contributed by atoms with van der Waals surface area (Å²) in [5.74, 6) is 1.22. The number of benzene rings is 1. The van der Waals surface area contributed by atoms with Crippen molar-refractivity contribution in [3.05, 3.63) is 48.7 Å². The Balaban J connectivity index is 1.35. The van der Waals surface area contributed by atoms with Gasteiger partial charge in [-0.05, 0) is 31.0 Å². The van der Waals surface area contributed by atoms with Crippen LogP contribution < -0.4 is 10.1 Å². The van der Waals surface area contributed by atoms with E-state index in [-0.39, 0.29) is 11.6 Å². The van der Waals surface area contributed by atoms with Crippen molar-refractivity contribution in [3.8, 4) is 11.6 Å². The Labute approximate surface area is 153 Å². The van der Waals surface area contributed by atoms with Crippen LogP contribution in [-0.4, -0.2) is 41.2 Å². The number of aromatic nitrogens is 1. The Hall–Kier alpha value is -2.60. The molecule has 1 saturated carbocycles. The SMILES string of the molecule is O=C(Nc1ccc(Oc2ccccc2)nc1)N1CCOC2(CCCC2)C1. The molecule has 0 unspecified atom stereocenters. The first kappa shape index (κ1) is 16.8. The van der Waals surface area contributed by atoms with E-state index >= 15 is 0 Å². The number of nitrogens with one attached hydrogen (secondary N) is 1. The monoisotopic (exact) mass is 353 g/mol. The van der Waals surface area contributed by atoms with Crippen LogP contribution in [-0.2, 0) is 4.74 Å². The third-order valence-corrected chi connectivity index (χ3v) is 5.00. The molecule has 1 saturated heterocycles. The fourth-order valence-corrected chi connectivity index (χ4v) is 3.67. The Kier molecular flexibility index (Phi) is 4.75. The molecular weight excluding hydrogens is 330 g/mol. The zero-order valence-electron chi connectivity index (χ0n) is 14.7. The minimum Gasteiger partial charge on any atom is -0.439 e. The van der Waals surface area contributed by atoms with Gasteiger partial charge < -0.3 is 19.7 Å². The first-order chi connectivity index (χ1) is 12.7. The first-order valence-corrected chi connectivity index (χ1v) is 9.11. The topological polar surface area (TPSA) is 63.7 Å². The molecule has 1 N–H and O–H groups in total. The molecule has 1 aliphatic carbocycles. The summed E-state index contributed by atoms with van der Waals surface area (Å²) in [5, 5.41) is 2.92. The quantitative estimate of drug-likeness (QED) is 0.904. The van der Waals surface area contributed by atoms with Crippen molar-refractivity contribution >= 4 is 11.7 Å². The predicted octanol–water partition coefficient (Wildman–Crippen LogP) is 4.05. The number of pyridine rings is 1. The van der Waals surface area contributed by atoms with Crippen LogP contribution in [0.15, 0.2) is 48.7 Å². The van der Waals surface area contributed by atoms with Crippen LogP contribution in [0.5, 0.6) is 11.6 Å². The average Bonchev–Trinajstić information content (AvgIpc) is 3.12. The molecule has 26 heavy (non-hydrogen) atoms. The van der Waals surface area contributed by atoms with E-state index in [0.29, 0.717) is 31.3 Å². The highest BCUT2D eigenvalue weighted by Crippen LogP contribution is 2.36. The van der Waals surface area contributed by atoms with Gasteiger partial charge in [0.2, 0.25) is 5.88 Å². The molecule has 0 bridgehead atoms. The molecular formula is C20H23N3O3. The molecule has 4 rings (SSSR count). The Morgan fingerprint density at radius 3 is 2.69 bits per heavy atom. The summed E-state index contributed by atoms with van der Waals surface area (Å²) in [7, 11) is 0. The molecule has 2 heterocycles. The summed E-state index contributed by atoms with van der Waals surface area (Å²) >= 11 is 0. The number of carbonyl (C=O) groups is 1. The van der Waals surface area contributed by atoms with Crippen LogP contribution in [0.3, 0.4) is 0 Å². The van der Waals surface area contributed by atoms with Crippen molar-refractivity contribution in [1.29, 1.82) is 0 Å². The zero-order chi connectivity index (χ0) is 17.8. The largest absolute Gasteiger partial charge is 0.439 e. The van der Waals surface area contributed by atoms with Gasteiger partial charge >= 0.3 is 6.03 Å². The van der Waals surface area contributed by atoms with Crippen molar-refractivity contribution in [2.75, 3.05) is 25.0 Å². The van der Waals surface area contributed by atoms with E-state index in [1.54, 1.807) is 18.3 Å². The lowest BCUT2D eigenvalue weighted by atomic mass is 10.00. The number of para-hydroxylation sites is 1. The molecule has 2 amide bonds. The summed E-state index contributed by atoms with van der Waals surface area (Å²) in [5.41, 5.74) is 0.531. The number of hydrogen-bond donors (Lipinski definition) is 1. The van der Waals surface area contributed by atoms with Crippen molar-refractivity contribution in [1.82, 2.24) is 9.88 Å². The van der Waals surface area contributed by atoms with E-state index < -0.39 is 0 Å². The van der Waals surface area contributed by atoms with Gasteiger partial charge in [0, 0.05) is 12.6 Å². The predicted molar refractivity (Wildman–Crippen MR) is 98.5 cm³/mol. The number of anilines is 1. The molecule has 2 aliphatic rings. The molecule has 1 spiro atoms. The summed E-state index contributed by atoms with van der Waals surface area (Å²) in [6.07, 6.45) is 6.07. The standard InChI is InChI=1S/C20H23N3O3/c24-19(23-12-13-25-20(15-23)10-4-5-11-20)22-16-8-9-18(21-14-16)26-17-6-2-1-3-7-17/h1-3,6-9,14H,4-5,10-13,15H2,(H,22,24). The van der Waals surface area contributed by atoms with E-state index in [0.717, 1.165) is 18.6 Å². The van der Waals surface area contributed by atoms with E-state index in [4.69, 9.17) is 9.47 Å². The van der Waals surface area contributed by atoms with Crippen LogP contribution in [0, 0.1) is 0 Å². The minimum absolute atomic E-state index is 0.0990. The van der Waals surface area contributed by atoms with Gasteiger partial charge in [0.05, 0.1) is 30.6 Å². The van der Waals surface area contributed by atoms with Crippen LogP contribution in [0.1, 0.15) is 25.7 Å². The lowest BCUT2D eigenvalue weighted by Gasteiger charge is -2.40. The maximum atomic E-state index is 12.6. The molecule has 6 heteroatoms. The van der Waals surface area contributed by atoms with E-state index in [2.05, 4.69) is 10.3 Å². The minimum atomic E-state index is -0.124. The molecule has 1 aromatic carbocycles. The second-order valence-electron chi connectivity index (χ2n) is 6.89. The van der Waals surface area contributed by atoms with Gasteiger partial charge in [-0.15, -0.1) is 0 Å². The highest BCUT2D eigenvalue weighted by molar-refractivity contribution is 5.89. The molecule has 0 atom stereocenters. The van der Waals surface area contributed by atoms with Crippen LogP contribution >= 0.6 is 0 Å². The Bertz CT molecular complexity index is 743. The molecule has 2 fully saturated rings. The van der Waals surface area contributed by atoms with Gasteiger partial charge in [0.15, 0.2) is 0 Å². The van der Waals surface area contributed by atoms with Gasteiger partial charge in [-0.2, -0.15) is 0 Å². The van der Waals surface area contributed by atoms with Crippen LogP contribution in [0.25, 0.3) is 0 Å². The van der Waals surface area contributed by atoms with Gasteiger partial charge in [-0.25, -0.2) is 9.78 Å². The fourth-order valence-electron chi connectivity index (χ4n) is 3.67. The maximum Gasteiger partial charge on any atom is 0.322 e. The maximum absolute atomic E-state index is 12.6. The number of morpholine rings is 1. The highest BCUT2D eigenvalue weighted by Gasteiger charge is 2.40. The smallest absolute Gasteiger partial charge is 0.322 e. The molecule has 136 valence electrons. The number of hydrogen-bond acceptors (Lipinski definition) is 4. The van der Waals surface area contributed by atoms with Crippen LogP contribution in [0.2, 0.25) is 0 Å². The molecule has 1 aliphatic heterocycles. The molecule has 0 radical (unpaired) electrons. The molecule has 6 nitrogen and oxygen atoms in total. The van der Waals surface area contributed by atoms with E-state index in [1.165, 1.54) is 12.8 Å². The summed E-state index contributed by atoms with van der Waals surface area (Å²) in [6.45, 7) is 1.90. The number of urea groups is 1. The van der Waals surface area contributed by atoms with Crippen molar-refractivity contribution < 1.29 is 14.3 Å². The highest BCUT2D eigenvalue weighted by atomic mass is 16.5. The number of carbonyl (C=O) groups excluding carboxylic acids is 1. The number of rotatable bonds is 3. The van der Waals surface area contributed by atoms with Crippen molar-refractivity contribution in [2.24, 2.45) is 0 Å². The number of amides is 2. The van der Waals surface area contributed by atoms with E-state index in [1.807, 2.05) is 35.2 Å². The van der Waals surface area contributed by atoms with Gasteiger partial charge in [0.25, 0.3) is 0 Å². The Morgan fingerprint density at radius 2 is 1.96 bits per heavy atom. The Morgan fingerprint density at radius 1 is 1.15 bits per heavy atom. The fraction of sp³-hybridized carbons (Fsp3) is 0.400.